The van der Waals surface area contributed by atoms with Gasteiger partial charge in [-0.3, -0.25) is 38.8 Å². The Morgan fingerprint density at radius 3 is 1.58 bits per heavy atom. The number of rotatable bonds is 12. The lowest BCUT2D eigenvalue weighted by atomic mass is 9.54. The molecule has 2 heterocycles. The Labute approximate surface area is 254 Å². The zero-order chi connectivity index (χ0) is 35.0. The van der Waals surface area contributed by atoms with E-state index in [0.717, 1.165) is 0 Å². The highest BCUT2D eigenvalue weighted by Gasteiger charge is 2.90. The van der Waals surface area contributed by atoms with Crippen LogP contribution in [0.25, 0.3) is 0 Å². The lowest BCUT2D eigenvalue weighted by Gasteiger charge is -2.62. The number of aliphatic hydroxyl groups is 5. The highest BCUT2D eigenvalue weighted by Crippen LogP contribution is 2.56. The first-order valence-corrected chi connectivity index (χ1v) is 13.2. The van der Waals surface area contributed by atoms with Crippen molar-refractivity contribution >= 4 is 40.9 Å². The van der Waals surface area contributed by atoms with E-state index in [2.05, 4.69) is 4.89 Å². The summed E-state index contributed by atoms with van der Waals surface area (Å²) in [5.41, 5.74) is -15.2. The Kier molecular flexibility index (Phi) is 11.3. The molecule has 19 heteroatoms. The average molecular weight is 653 g/mol. The highest BCUT2D eigenvalue weighted by atomic mass is 17.1. The Bertz CT molecular complexity index is 1230. The van der Waals surface area contributed by atoms with Gasteiger partial charge in [-0.25, -0.2) is 4.89 Å². The molecule has 2 fully saturated rings. The molecule has 2 aliphatic rings. The maximum atomic E-state index is 13.9. The molecule has 10 atom stereocenters. The number of ketones is 5. The molecule has 0 bridgehead atoms. The van der Waals surface area contributed by atoms with Crippen molar-refractivity contribution in [1.82, 2.24) is 0 Å². The second-order valence-electron chi connectivity index (χ2n) is 10.6. The minimum Gasteiger partial charge on any atom is -0.443 e. The van der Waals surface area contributed by atoms with Gasteiger partial charge in [0, 0.05) is 13.8 Å². The van der Waals surface area contributed by atoms with Gasteiger partial charge in [-0.1, -0.05) is 0 Å². The van der Waals surface area contributed by atoms with Crippen molar-refractivity contribution in [3.8, 4) is 0 Å². The van der Waals surface area contributed by atoms with Gasteiger partial charge in [-0.05, 0) is 34.6 Å². The molecule has 0 spiro atoms. The average Bonchev–Trinajstić information content (AvgIpc) is 2.92. The summed E-state index contributed by atoms with van der Waals surface area (Å²) in [4.78, 5) is 97.5. The van der Waals surface area contributed by atoms with Crippen LogP contribution >= 0.6 is 0 Å². The molecule has 0 saturated carbocycles. The predicted molar refractivity (Wildman–Crippen MR) is 137 cm³/mol. The van der Waals surface area contributed by atoms with Crippen molar-refractivity contribution in [2.75, 3.05) is 6.61 Å². The lowest BCUT2D eigenvalue weighted by Crippen LogP contribution is -2.93. The highest BCUT2D eigenvalue weighted by molar-refractivity contribution is 6.19. The number of carbonyl (C=O) groups is 7. The summed E-state index contributed by atoms with van der Waals surface area (Å²) in [5.74, 6) is -11.2. The van der Waals surface area contributed by atoms with E-state index < -0.39 is 113 Å². The first-order valence-electron chi connectivity index (χ1n) is 13.2. The molecule has 2 saturated heterocycles. The van der Waals surface area contributed by atoms with Crippen molar-refractivity contribution < 1.29 is 92.9 Å². The van der Waals surface area contributed by atoms with Crippen LogP contribution in [0.15, 0.2) is 0 Å². The number of aliphatic hydroxyl groups excluding tert-OH is 5. The van der Waals surface area contributed by atoms with Crippen LogP contribution in [0.4, 0.5) is 0 Å². The lowest BCUT2D eigenvalue weighted by molar-refractivity contribution is -0.434. The molecule has 0 aromatic rings. The summed E-state index contributed by atoms with van der Waals surface area (Å²) < 4.78 is 26.8. The number of hydrogen-bond acceptors (Lipinski definition) is 19. The zero-order valence-corrected chi connectivity index (χ0v) is 25.2. The van der Waals surface area contributed by atoms with Crippen LogP contribution < -0.4 is 0 Å². The number of hydrogen-bond donors (Lipinski definition) is 6. The molecular weight excluding hydrogens is 616 g/mol. The fourth-order valence-electron chi connectivity index (χ4n) is 6.07. The Morgan fingerprint density at radius 1 is 0.711 bits per heavy atom. The van der Waals surface area contributed by atoms with Crippen molar-refractivity contribution in [2.45, 2.75) is 114 Å². The topological polar surface area (TPSA) is 296 Å². The zero-order valence-electron chi connectivity index (χ0n) is 25.2. The van der Waals surface area contributed by atoms with Crippen molar-refractivity contribution in [1.29, 1.82) is 0 Å². The fourth-order valence-corrected chi connectivity index (χ4v) is 6.07. The van der Waals surface area contributed by atoms with Crippen LogP contribution in [-0.2, 0) is 62.1 Å². The molecule has 0 aliphatic carbocycles. The van der Waals surface area contributed by atoms with E-state index in [1.807, 2.05) is 0 Å². The van der Waals surface area contributed by atoms with Crippen LogP contribution in [0.5, 0.6) is 0 Å². The maximum absolute atomic E-state index is 13.9. The van der Waals surface area contributed by atoms with Gasteiger partial charge in [0.1, 0.15) is 24.4 Å². The van der Waals surface area contributed by atoms with Crippen molar-refractivity contribution in [3.05, 3.63) is 0 Å². The Hall–Kier alpha value is -3.11. The van der Waals surface area contributed by atoms with Crippen LogP contribution in [0.2, 0.25) is 0 Å². The monoisotopic (exact) mass is 652 g/mol. The molecule has 0 aromatic heterocycles. The molecule has 0 radical (unpaired) electrons. The third kappa shape index (κ3) is 5.31. The summed E-state index contributed by atoms with van der Waals surface area (Å²) in [5, 5.41) is 62.4. The minimum atomic E-state index is -3.91. The van der Waals surface area contributed by atoms with E-state index in [-0.39, 0.29) is 0 Å². The van der Waals surface area contributed by atoms with Crippen LogP contribution in [0.1, 0.15) is 48.5 Å². The molecule has 45 heavy (non-hydrogen) atoms. The summed E-state index contributed by atoms with van der Waals surface area (Å²) in [6.07, 6.45) is -15.9. The van der Waals surface area contributed by atoms with Crippen LogP contribution in [0.3, 0.4) is 0 Å². The van der Waals surface area contributed by atoms with E-state index in [9.17, 15) is 64.4 Å². The van der Waals surface area contributed by atoms with Gasteiger partial charge < -0.3 is 49.2 Å². The third-order valence-electron chi connectivity index (χ3n) is 7.84. The summed E-state index contributed by atoms with van der Waals surface area (Å²) in [6, 6.07) is 0. The summed E-state index contributed by atoms with van der Waals surface area (Å²) in [6.45, 7) is 3.06. The fraction of sp³-hybridized carbons (Fsp3) is 0.731. The van der Waals surface area contributed by atoms with Gasteiger partial charge in [0.2, 0.25) is 11.2 Å². The van der Waals surface area contributed by atoms with Gasteiger partial charge >= 0.3 is 11.9 Å². The smallest absolute Gasteiger partial charge is 0.303 e. The van der Waals surface area contributed by atoms with Gasteiger partial charge in [0.05, 0.1) is 6.61 Å². The largest absolute Gasteiger partial charge is 0.443 e. The molecule has 2 aliphatic heterocycles. The quantitative estimate of drug-likeness (QED) is 0.0507. The van der Waals surface area contributed by atoms with E-state index in [1.165, 1.54) is 0 Å². The van der Waals surface area contributed by atoms with Crippen molar-refractivity contribution in [2.24, 2.45) is 0 Å². The second kappa shape index (κ2) is 13.3. The number of carbonyl (C=O) groups excluding carboxylic acids is 7. The molecule has 19 nitrogen and oxygen atoms in total. The Morgan fingerprint density at radius 2 is 1.22 bits per heavy atom. The SMILES string of the molecule is CC(=O)O[C@@]1(C(C)=O)[C@@](OC(C)=O)(C(C)=O)[C@@H](O)[C@@H](O[C@H]2O[C@H](CO)[C@@H](O)[C@H](O)[C@H]2O)O[C@]1(C(C)=O)C(OO)(C(C)=O)C(C)=O. The molecule has 0 amide bonds. The van der Waals surface area contributed by atoms with Gasteiger partial charge in [-0.15, -0.1) is 0 Å². The number of Topliss-reactive ketones (excluding diaryl/α,β-unsaturated/α-hetero) is 5. The summed E-state index contributed by atoms with van der Waals surface area (Å²) >= 11 is 0. The van der Waals surface area contributed by atoms with E-state index in [4.69, 9.17) is 23.7 Å². The first kappa shape index (κ1) is 38.1. The van der Waals surface area contributed by atoms with E-state index >= 15 is 0 Å². The Balaban J connectivity index is 3.25. The normalized spacial score (nSPS) is 36.9. The first-order chi connectivity index (χ1) is 20.6. The van der Waals surface area contributed by atoms with Gasteiger partial charge in [0.15, 0.2) is 47.6 Å². The second-order valence-corrected chi connectivity index (χ2v) is 10.6. The minimum absolute atomic E-state index is 0.530. The number of esters is 2. The molecule has 6 N–H and O–H groups in total. The van der Waals surface area contributed by atoms with Gasteiger partial charge in [-0.2, -0.15) is 0 Å². The van der Waals surface area contributed by atoms with E-state index in [0.29, 0.717) is 48.5 Å². The molecule has 0 aromatic carbocycles. The number of ether oxygens (including phenoxy) is 5. The molecule has 0 unspecified atom stereocenters. The van der Waals surface area contributed by atoms with E-state index in [1.54, 1.807) is 0 Å². The molecule has 2 rings (SSSR count). The maximum Gasteiger partial charge on any atom is 0.303 e. The van der Waals surface area contributed by atoms with Crippen LogP contribution in [-0.4, -0.2) is 144 Å². The molecular formula is C26H36O19. The third-order valence-corrected chi connectivity index (χ3v) is 7.84. The van der Waals surface area contributed by atoms with Crippen LogP contribution in [0, 0.1) is 0 Å². The molecule has 254 valence electrons. The van der Waals surface area contributed by atoms with Gasteiger partial charge in [0.25, 0.3) is 11.2 Å². The van der Waals surface area contributed by atoms with Crippen molar-refractivity contribution in [3.63, 3.8) is 0 Å². The predicted octanol–water partition coefficient (Wildman–Crippen LogP) is -3.96. The summed E-state index contributed by atoms with van der Waals surface area (Å²) in [7, 11) is 0. The standard InChI is InChI=1S/C26H36O19/c1-9(28)23(45-39,10(2)29)25(12(4)31)26(13(5)32,43-15(7)34)24(11(3)30,42-14(6)33)20(38)22(44-25)41-21-19(37)18(36)17(35)16(8-27)40-21/h16-22,27,35-39H,8H2,1-7H3/t16-,17-,18+,19-,20+,21-,22+,24-,25-,26+/m1/s1.